The van der Waals surface area contributed by atoms with Crippen molar-refractivity contribution in [2.75, 3.05) is 25.5 Å². The van der Waals surface area contributed by atoms with E-state index in [9.17, 15) is 14.4 Å². The van der Waals surface area contributed by atoms with Crippen LogP contribution in [-0.4, -0.2) is 55.2 Å². The van der Waals surface area contributed by atoms with Crippen LogP contribution in [0.2, 0.25) is 0 Å². The molecule has 0 radical (unpaired) electrons. The minimum atomic E-state index is -0.927. The van der Waals surface area contributed by atoms with Gasteiger partial charge < -0.3 is 25.0 Å². The summed E-state index contributed by atoms with van der Waals surface area (Å²) in [6, 6.07) is 5.72. The maximum Gasteiger partial charge on any atom is 0.317 e. The number of urea groups is 1. The molecule has 29 heavy (non-hydrogen) atoms. The number of amides is 3. The number of rotatable bonds is 6. The van der Waals surface area contributed by atoms with Gasteiger partial charge in [0.05, 0.1) is 18.7 Å². The van der Waals surface area contributed by atoms with Crippen LogP contribution >= 0.6 is 0 Å². The standard InChI is InChI=1S/C21H29N3O5/c1-13-4-7-18(28-3)17(12-13)23-19(25)14(2)29-20(26)15-8-10-24(11-9-15)21(27)22-16-5-6-16/h4,7,12,14-16H,5-6,8-11H2,1-3H3,(H,22,27)(H,23,25)/t14-/m0/s1. The molecule has 1 aromatic carbocycles. The summed E-state index contributed by atoms with van der Waals surface area (Å²) < 4.78 is 10.6. The largest absolute Gasteiger partial charge is 0.495 e. The Balaban J connectivity index is 1.47. The number of esters is 1. The SMILES string of the molecule is COc1ccc(C)cc1NC(=O)[C@H](C)OC(=O)C1CCN(C(=O)NC2CC2)CC1. The molecule has 0 unspecified atom stereocenters. The molecule has 2 fully saturated rings. The van der Waals surface area contributed by atoms with Crippen LogP contribution in [-0.2, 0) is 14.3 Å². The van der Waals surface area contributed by atoms with Crippen molar-refractivity contribution in [2.45, 2.75) is 51.7 Å². The van der Waals surface area contributed by atoms with E-state index in [0.717, 1.165) is 18.4 Å². The monoisotopic (exact) mass is 403 g/mol. The molecule has 0 spiro atoms. The van der Waals surface area contributed by atoms with Gasteiger partial charge in [-0.25, -0.2) is 4.79 Å². The van der Waals surface area contributed by atoms with Gasteiger partial charge in [-0.3, -0.25) is 9.59 Å². The van der Waals surface area contributed by atoms with Gasteiger partial charge in [0.25, 0.3) is 5.91 Å². The van der Waals surface area contributed by atoms with Gasteiger partial charge in [0.2, 0.25) is 0 Å². The number of carbonyl (C=O) groups is 3. The fourth-order valence-corrected chi connectivity index (χ4v) is 3.29. The molecule has 2 aliphatic rings. The molecule has 1 aliphatic heterocycles. The van der Waals surface area contributed by atoms with Gasteiger partial charge >= 0.3 is 12.0 Å². The zero-order valence-electron chi connectivity index (χ0n) is 17.2. The van der Waals surface area contributed by atoms with Gasteiger partial charge in [-0.15, -0.1) is 0 Å². The van der Waals surface area contributed by atoms with Crippen LogP contribution in [0.4, 0.5) is 10.5 Å². The predicted octanol–water partition coefficient (Wildman–Crippen LogP) is 2.46. The molecule has 1 aromatic rings. The number of benzene rings is 1. The molecule has 0 aromatic heterocycles. The van der Waals surface area contributed by atoms with Crippen LogP contribution in [0.1, 0.15) is 38.2 Å². The number of likely N-dealkylation sites (tertiary alicyclic amines) is 1. The molecule has 1 heterocycles. The van der Waals surface area contributed by atoms with Gasteiger partial charge in [-0.1, -0.05) is 6.07 Å². The lowest BCUT2D eigenvalue weighted by Gasteiger charge is -2.31. The van der Waals surface area contributed by atoms with Crippen molar-refractivity contribution in [1.82, 2.24) is 10.2 Å². The summed E-state index contributed by atoms with van der Waals surface area (Å²) in [5.74, 6) is -0.572. The Morgan fingerprint density at radius 1 is 1.14 bits per heavy atom. The summed E-state index contributed by atoms with van der Waals surface area (Å²) in [6.07, 6.45) is 2.24. The maximum atomic E-state index is 12.5. The van der Waals surface area contributed by atoms with Crippen LogP contribution < -0.4 is 15.4 Å². The first-order chi connectivity index (χ1) is 13.9. The third-order valence-corrected chi connectivity index (χ3v) is 5.30. The molecule has 3 amide bonds. The number of carbonyl (C=O) groups excluding carboxylic acids is 3. The summed E-state index contributed by atoms with van der Waals surface area (Å²) in [5, 5.41) is 5.71. The molecule has 8 nitrogen and oxygen atoms in total. The lowest BCUT2D eigenvalue weighted by Crippen LogP contribution is -2.46. The smallest absolute Gasteiger partial charge is 0.317 e. The van der Waals surface area contributed by atoms with E-state index in [-0.39, 0.29) is 11.9 Å². The Hall–Kier alpha value is -2.77. The summed E-state index contributed by atoms with van der Waals surface area (Å²) >= 11 is 0. The average Bonchev–Trinajstić information content (AvgIpc) is 3.52. The van der Waals surface area contributed by atoms with Crippen molar-refractivity contribution >= 4 is 23.6 Å². The molecule has 158 valence electrons. The van der Waals surface area contributed by atoms with Crippen LogP contribution in [0.15, 0.2) is 18.2 Å². The molecule has 1 atom stereocenters. The maximum absolute atomic E-state index is 12.5. The van der Waals surface area contributed by atoms with E-state index in [1.165, 1.54) is 7.11 Å². The molecule has 0 bridgehead atoms. The van der Waals surface area contributed by atoms with E-state index in [0.29, 0.717) is 43.4 Å². The third kappa shape index (κ3) is 5.62. The van der Waals surface area contributed by atoms with Crippen molar-refractivity contribution in [1.29, 1.82) is 0 Å². The Bertz CT molecular complexity index is 770. The summed E-state index contributed by atoms with van der Waals surface area (Å²) in [6.45, 7) is 4.49. The Morgan fingerprint density at radius 3 is 2.45 bits per heavy atom. The number of hydrogen-bond donors (Lipinski definition) is 2. The molecule has 3 rings (SSSR count). The normalized spacial score (nSPS) is 18.0. The van der Waals surface area contributed by atoms with Crippen molar-refractivity contribution < 1.29 is 23.9 Å². The molecule has 1 saturated heterocycles. The zero-order valence-corrected chi connectivity index (χ0v) is 17.2. The van der Waals surface area contributed by atoms with Crippen LogP contribution in [0, 0.1) is 12.8 Å². The summed E-state index contributed by atoms with van der Waals surface area (Å²) in [7, 11) is 1.53. The fraction of sp³-hybridized carbons (Fsp3) is 0.571. The highest BCUT2D eigenvalue weighted by Crippen LogP contribution is 2.26. The lowest BCUT2D eigenvalue weighted by molar-refractivity contribution is -0.158. The second-order valence-corrected chi connectivity index (χ2v) is 7.76. The highest BCUT2D eigenvalue weighted by Gasteiger charge is 2.32. The quantitative estimate of drug-likeness (QED) is 0.711. The lowest BCUT2D eigenvalue weighted by atomic mass is 9.97. The number of nitrogens with one attached hydrogen (secondary N) is 2. The zero-order chi connectivity index (χ0) is 21.0. The van der Waals surface area contributed by atoms with Gasteiger partial charge in [-0.2, -0.15) is 0 Å². The first-order valence-corrected chi connectivity index (χ1v) is 10.1. The van der Waals surface area contributed by atoms with E-state index in [1.807, 2.05) is 13.0 Å². The highest BCUT2D eigenvalue weighted by atomic mass is 16.5. The second kappa shape index (κ2) is 9.15. The number of aryl methyl sites for hydroxylation is 1. The number of anilines is 1. The summed E-state index contributed by atoms with van der Waals surface area (Å²) in [4.78, 5) is 38.7. The minimum Gasteiger partial charge on any atom is -0.495 e. The Kier molecular flexibility index (Phi) is 6.61. The molecule has 8 heteroatoms. The van der Waals surface area contributed by atoms with E-state index >= 15 is 0 Å². The number of methoxy groups -OCH3 is 1. The number of ether oxygens (including phenoxy) is 2. The molecular weight excluding hydrogens is 374 g/mol. The van der Waals surface area contributed by atoms with Gasteiger partial charge in [0.1, 0.15) is 5.75 Å². The van der Waals surface area contributed by atoms with Gasteiger partial charge in [-0.05, 0) is 57.2 Å². The first-order valence-electron chi connectivity index (χ1n) is 10.1. The molecule has 2 N–H and O–H groups in total. The number of hydrogen-bond acceptors (Lipinski definition) is 5. The van der Waals surface area contributed by atoms with Crippen molar-refractivity contribution in [2.24, 2.45) is 5.92 Å². The first kappa shape index (κ1) is 21.0. The van der Waals surface area contributed by atoms with E-state index < -0.39 is 18.0 Å². The summed E-state index contributed by atoms with van der Waals surface area (Å²) in [5.41, 5.74) is 1.51. The van der Waals surface area contributed by atoms with Gasteiger partial charge in [0.15, 0.2) is 6.10 Å². The average molecular weight is 403 g/mol. The third-order valence-electron chi connectivity index (χ3n) is 5.30. The van der Waals surface area contributed by atoms with Crippen LogP contribution in [0.5, 0.6) is 5.75 Å². The van der Waals surface area contributed by atoms with Crippen molar-refractivity contribution in [3.63, 3.8) is 0 Å². The number of piperidine rings is 1. The van der Waals surface area contributed by atoms with Crippen molar-refractivity contribution in [3.8, 4) is 5.75 Å². The minimum absolute atomic E-state index is 0.0563. The molecule has 1 saturated carbocycles. The topological polar surface area (TPSA) is 97.0 Å². The fourth-order valence-electron chi connectivity index (χ4n) is 3.29. The molecule has 1 aliphatic carbocycles. The van der Waals surface area contributed by atoms with E-state index in [2.05, 4.69) is 10.6 Å². The van der Waals surface area contributed by atoms with Crippen molar-refractivity contribution in [3.05, 3.63) is 23.8 Å². The highest BCUT2D eigenvalue weighted by molar-refractivity contribution is 5.96. The van der Waals surface area contributed by atoms with E-state index in [1.54, 1.807) is 24.0 Å². The Morgan fingerprint density at radius 2 is 1.83 bits per heavy atom. The van der Waals surface area contributed by atoms with Gasteiger partial charge in [0, 0.05) is 19.1 Å². The number of nitrogens with zero attached hydrogens (tertiary/aromatic N) is 1. The Labute approximate surface area is 170 Å². The van der Waals surface area contributed by atoms with E-state index in [4.69, 9.17) is 9.47 Å². The van der Waals surface area contributed by atoms with Crippen LogP contribution in [0.3, 0.4) is 0 Å². The second-order valence-electron chi connectivity index (χ2n) is 7.76. The predicted molar refractivity (Wildman–Crippen MR) is 108 cm³/mol. The molecular formula is C21H29N3O5. The van der Waals surface area contributed by atoms with Crippen LogP contribution in [0.25, 0.3) is 0 Å².